The molecule has 3 rings (SSSR count). The summed E-state index contributed by atoms with van der Waals surface area (Å²) in [6, 6.07) is 13.4. The Kier molecular flexibility index (Phi) is 4.54. The standard InChI is InChI=1S/C22H25N3O2S/c23-22-25-19(15-28-22)14-21(27)24-18-12-10-16(11-13-18)6-4-5-9-20(26)17-7-2-1-3-8-17/h1-3,7-8,10-13,15,20,26H,4-6,9,14H2,(H2,23,25)(H,24,27)/t20-/m0/s1/i4D2,6D2,9D2,15D. The lowest BCUT2D eigenvalue weighted by molar-refractivity contribution is -0.115. The van der Waals surface area contributed by atoms with Crippen LogP contribution in [0.3, 0.4) is 0 Å². The fourth-order valence-corrected chi connectivity index (χ4v) is 2.90. The molecule has 3 aromatic rings. The Labute approximate surface area is 179 Å². The molecule has 5 nitrogen and oxygen atoms in total. The normalized spacial score (nSPS) is 17.1. The zero-order valence-corrected chi connectivity index (χ0v) is 15.8. The molecule has 0 aliphatic heterocycles. The number of hydrogen-bond donors (Lipinski definition) is 3. The van der Waals surface area contributed by atoms with Crippen LogP contribution in [0, 0.1) is 0 Å². The minimum absolute atomic E-state index is 0.0498. The van der Waals surface area contributed by atoms with Gasteiger partial charge >= 0.3 is 0 Å². The van der Waals surface area contributed by atoms with Gasteiger partial charge in [-0.15, -0.1) is 11.3 Å². The molecule has 0 saturated heterocycles. The van der Waals surface area contributed by atoms with E-state index in [9.17, 15) is 9.90 Å². The van der Waals surface area contributed by atoms with Crippen LogP contribution in [0.1, 0.15) is 51.7 Å². The van der Waals surface area contributed by atoms with Crippen LogP contribution in [0.4, 0.5) is 10.8 Å². The molecule has 0 radical (unpaired) electrons. The lowest BCUT2D eigenvalue weighted by Crippen LogP contribution is -2.14. The summed E-state index contributed by atoms with van der Waals surface area (Å²) >= 11 is 0.962. The molecular weight excluding hydrogens is 370 g/mol. The van der Waals surface area contributed by atoms with Gasteiger partial charge in [-0.25, -0.2) is 4.98 Å². The molecular formula is C22H25N3O2S. The summed E-state index contributed by atoms with van der Waals surface area (Å²) in [6.45, 7) is 0. The van der Waals surface area contributed by atoms with E-state index in [4.69, 9.17) is 15.3 Å². The number of benzene rings is 2. The van der Waals surface area contributed by atoms with Gasteiger partial charge in [0.1, 0.15) is 0 Å². The molecule has 0 saturated carbocycles. The summed E-state index contributed by atoms with van der Waals surface area (Å²) in [5, 5.41) is 13.4. The molecule has 0 aliphatic carbocycles. The number of nitrogen functional groups attached to an aromatic ring is 1. The SMILES string of the molecule is [2H]c1sc(N)nc1CC(=O)Nc1ccc(C([2H])([2H])C([2H])([2H])CC([2H])([2H])[C@H](O)c2ccccc2)cc1. The average molecular weight is 403 g/mol. The molecule has 0 spiro atoms. The number of hydrogen-bond acceptors (Lipinski definition) is 5. The van der Waals surface area contributed by atoms with Crippen LogP contribution in [0.25, 0.3) is 0 Å². The maximum Gasteiger partial charge on any atom is 0.230 e. The monoisotopic (exact) mass is 402 g/mol. The smallest absolute Gasteiger partial charge is 0.230 e. The first-order valence-corrected chi connectivity index (χ1v) is 9.40. The molecule has 6 heteroatoms. The van der Waals surface area contributed by atoms with E-state index in [2.05, 4.69) is 10.3 Å². The van der Waals surface area contributed by atoms with Gasteiger partial charge in [-0.3, -0.25) is 4.79 Å². The minimum atomic E-state index is -2.67. The van der Waals surface area contributed by atoms with Crippen LogP contribution in [0.15, 0.2) is 60.0 Å². The highest BCUT2D eigenvalue weighted by Crippen LogP contribution is 2.20. The second-order valence-corrected chi connectivity index (χ2v) is 6.73. The number of aliphatic hydroxyl groups excluding tert-OH is 1. The molecule has 0 unspecified atom stereocenters. The van der Waals surface area contributed by atoms with Crippen molar-refractivity contribution < 1.29 is 19.5 Å². The second kappa shape index (κ2) is 10.0. The van der Waals surface area contributed by atoms with Gasteiger partial charge in [0.2, 0.25) is 5.91 Å². The van der Waals surface area contributed by atoms with Crippen molar-refractivity contribution in [3.8, 4) is 0 Å². The van der Waals surface area contributed by atoms with Gasteiger partial charge in [0.25, 0.3) is 0 Å². The number of aromatic nitrogens is 1. The number of aliphatic hydroxyl groups is 1. The third-order valence-electron chi connectivity index (χ3n) is 3.75. The Balaban J connectivity index is 1.70. The van der Waals surface area contributed by atoms with Gasteiger partial charge in [-0.05, 0) is 42.4 Å². The summed E-state index contributed by atoms with van der Waals surface area (Å²) in [7, 11) is 0. The van der Waals surface area contributed by atoms with Crippen molar-refractivity contribution >= 4 is 28.1 Å². The Bertz CT molecular complexity index is 1170. The van der Waals surface area contributed by atoms with Crippen molar-refractivity contribution in [2.75, 3.05) is 11.1 Å². The van der Waals surface area contributed by atoms with Crippen LogP contribution >= 0.6 is 11.3 Å². The molecule has 146 valence electrons. The van der Waals surface area contributed by atoms with E-state index in [1.54, 1.807) is 18.2 Å². The van der Waals surface area contributed by atoms with E-state index < -0.39 is 37.6 Å². The molecule has 0 fully saturated rings. The van der Waals surface area contributed by atoms with Crippen LogP contribution in [-0.4, -0.2) is 16.0 Å². The number of aryl methyl sites for hydroxylation is 1. The van der Waals surface area contributed by atoms with Gasteiger partial charge in [0.05, 0.1) is 19.6 Å². The summed E-state index contributed by atoms with van der Waals surface area (Å²) in [6.07, 6.45) is -10.4. The predicted octanol–water partition coefficient (Wildman–Crippen LogP) is 4.35. The van der Waals surface area contributed by atoms with Gasteiger partial charge in [-0.2, -0.15) is 0 Å². The van der Waals surface area contributed by atoms with E-state index in [1.165, 1.54) is 36.4 Å². The molecule has 1 amide bonds. The number of rotatable bonds is 9. The fourth-order valence-electron chi connectivity index (χ4n) is 2.41. The Morgan fingerprint density at radius 3 is 2.68 bits per heavy atom. The third kappa shape index (κ3) is 6.18. The topological polar surface area (TPSA) is 88.2 Å². The lowest BCUT2D eigenvalue weighted by atomic mass is 10.0. The zero-order valence-electron chi connectivity index (χ0n) is 22.0. The third-order valence-corrected chi connectivity index (χ3v) is 4.39. The fraction of sp³-hybridized carbons (Fsp3) is 0.273. The first-order chi connectivity index (χ1) is 16.2. The Morgan fingerprint density at radius 1 is 1.25 bits per heavy atom. The van der Waals surface area contributed by atoms with E-state index in [0.29, 0.717) is 5.69 Å². The molecule has 0 aliphatic rings. The summed E-state index contributed by atoms with van der Waals surface area (Å²) in [5.74, 6) is -0.446. The molecule has 1 aromatic heterocycles. The van der Waals surface area contributed by atoms with Crippen molar-refractivity contribution in [2.45, 2.75) is 38.1 Å². The number of anilines is 2. The summed E-state index contributed by atoms with van der Waals surface area (Å²) in [5.41, 5.74) is 6.34. The largest absolute Gasteiger partial charge is 0.388 e. The van der Waals surface area contributed by atoms with Gasteiger partial charge < -0.3 is 16.2 Å². The molecule has 0 bridgehead atoms. The van der Waals surface area contributed by atoms with Crippen LogP contribution in [0.2, 0.25) is 0 Å². The number of carbonyl (C=O) groups excluding carboxylic acids is 1. The van der Waals surface area contributed by atoms with Crippen LogP contribution in [0.5, 0.6) is 0 Å². The van der Waals surface area contributed by atoms with Crippen molar-refractivity contribution in [3.05, 3.63) is 76.8 Å². The minimum Gasteiger partial charge on any atom is -0.388 e. The zero-order chi connectivity index (χ0) is 26.0. The molecule has 4 N–H and O–H groups in total. The number of nitrogens with two attached hydrogens (primary N) is 1. The molecule has 2 aromatic carbocycles. The maximum atomic E-state index is 12.3. The summed E-state index contributed by atoms with van der Waals surface area (Å²) < 4.78 is 57.6. The van der Waals surface area contributed by atoms with Crippen LogP contribution in [-0.2, 0) is 17.6 Å². The molecule has 1 heterocycles. The molecule has 1 atom stereocenters. The quantitative estimate of drug-likeness (QED) is 0.496. The Morgan fingerprint density at radius 2 is 2.00 bits per heavy atom. The summed E-state index contributed by atoms with van der Waals surface area (Å²) in [4.78, 5) is 16.2. The highest BCUT2D eigenvalue weighted by Gasteiger charge is 2.08. The van der Waals surface area contributed by atoms with E-state index in [1.807, 2.05) is 0 Å². The van der Waals surface area contributed by atoms with E-state index in [0.717, 1.165) is 11.3 Å². The second-order valence-electron chi connectivity index (χ2n) is 5.90. The van der Waals surface area contributed by atoms with Gasteiger partial charge in [0.15, 0.2) is 5.13 Å². The van der Waals surface area contributed by atoms with Crippen molar-refractivity contribution in [1.82, 2.24) is 4.98 Å². The highest BCUT2D eigenvalue weighted by molar-refractivity contribution is 7.13. The van der Waals surface area contributed by atoms with Gasteiger partial charge in [-0.1, -0.05) is 48.9 Å². The van der Waals surface area contributed by atoms with E-state index >= 15 is 0 Å². The van der Waals surface area contributed by atoms with Crippen LogP contribution < -0.4 is 11.1 Å². The van der Waals surface area contributed by atoms with Crippen molar-refractivity contribution in [1.29, 1.82) is 0 Å². The van der Waals surface area contributed by atoms with Crippen molar-refractivity contribution in [2.24, 2.45) is 0 Å². The number of thiazole rings is 1. The number of amides is 1. The maximum absolute atomic E-state index is 12.3. The number of carbonyl (C=O) groups is 1. The van der Waals surface area contributed by atoms with Gasteiger partial charge in [0, 0.05) is 19.3 Å². The number of nitrogens with zero attached hydrogens (tertiary/aromatic N) is 1. The highest BCUT2D eigenvalue weighted by atomic mass is 32.1. The first-order valence-electron chi connectivity index (χ1n) is 12.1. The first kappa shape index (κ1) is 12.7. The van der Waals surface area contributed by atoms with E-state index in [-0.39, 0.29) is 33.7 Å². The van der Waals surface area contributed by atoms with Crippen molar-refractivity contribution in [3.63, 3.8) is 0 Å². The average Bonchev–Trinajstić information content (AvgIpc) is 3.09. The number of nitrogens with one attached hydrogen (secondary N) is 1. The molecule has 28 heavy (non-hydrogen) atoms. The Hall–Kier alpha value is -2.70. The predicted molar refractivity (Wildman–Crippen MR) is 114 cm³/mol. The lowest BCUT2D eigenvalue weighted by Gasteiger charge is -2.10.